The summed E-state index contributed by atoms with van der Waals surface area (Å²) in [4.78, 5) is 1.51. The van der Waals surface area contributed by atoms with Gasteiger partial charge < -0.3 is 5.11 Å². The van der Waals surface area contributed by atoms with Crippen LogP contribution in [0.25, 0.3) is 0 Å². The van der Waals surface area contributed by atoms with Gasteiger partial charge >= 0.3 is 6.18 Å². The van der Waals surface area contributed by atoms with E-state index in [0.29, 0.717) is 19.5 Å². The molecule has 1 fully saturated rings. The second-order valence-corrected chi connectivity index (χ2v) is 5.02. The number of aliphatic hydroxyl groups excluding tert-OH is 1. The van der Waals surface area contributed by atoms with Crippen molar-refractivity contribution in [2.24, 2.45) is 11.8 Å². The van der Waals surface area contributed by atoms with Crippen molar-refractivity contribution in [3.8, 4) is 0 Å². The molecule has 0 aliphatic carbocycles. The third kappa shape index (κ3) is 3.63. The standard InChI is InChI=1S/C11H20F3NO/c1-8(2)6-15-4-3-9(7-16)5-10(15)11(12,13)14/h8-10,16H,3-7H2,1-2H3. The summed E-state index contributed by atoms with van der Waals surface area (Å²) in [5.74, 6) is 0.0329. The first-order chi connectivity index (χ1) is 7.34. The summed E-state index contributed by atoms with van der Waals surface area (Å²) in [6, 6.07) is -1.37. The Morgan fingerprint density at radius 2 is 2.00 bits per heavy atom. The topological polar surface area (TPSA) is 23.5 Å². The summed E-state index contributed by atoms with van der Waals surface area (Å²) in [6.07, 6.45) is -3.48. The van der Waals surface area contributed by atoms with Gasteiger partial charge in [-0.25, -0.2) is 0 Å². The predicted octanol–water partition coefficient (Wildman–Crippen LogP) is 2.28. The summed E-state index contributed by atoms with van der Waals surface area (Å²) in [5.41, 5.74) is 0. The normalized spacial score (nSPS) is 28.7. The van der Waals surface area contributed by atoms with Crippen molar-refractivity contribution in [3.63, 3.8) is 0 Å². The molecule has 0 saturated carbocycles. The van der Waals surface area contributed by atoms with Crippen LogP contribution in [0.4, 0.5) is 13.2 Å². The molecule has 1 N–H and O–H groups in total. The zero-order valence-electron chi connectivity index (χ0n) is 9.80. The summed E-state index contributed by atoms with van der Waals surface area (Å²) < 4.78 is 38.5. The minimum Gasteiger partial charge on any atom is -0.396 e. The minimum atomic E-state index is -4.18. The average Bonchev–Trinajstić information content (AvgIpc) is 2.15. The lowest BCUT2D eigenvalue weighted by Crippen LogP contribution is -2.52. The van der Waals surface area contributed by atoms with Crippen LogP contribution in [0.15, 0.2) is 0 Å². The molecular formula is C11H20F3NO. The van der Waals surface area contributed by atoms with E-state index < -0.39 is 12.2 Å². The number of rotatable bonds is 3. The third-order valence-corrected chi connectivity index (χ3v) is 3.06. The van der Waals surface area contributed by atoms with Crippen molar-refractivity contribution in [2.45, 2.75) is 38.9 Å². The fraction of sp³-hybridized carbons (Fsp3) is 1.00. The molecule has 16 heavy (non-hydrogen) atoms. The molecule has 1 aliphatic rings. The van der Waals surface area contributed by atoms with E-state index in [1.54, 1.807) is 0 Å². The Labute approximate surface area is 94.4 Å². The predicted molar refractivity (Wildman–Crippen MR) is 56.1 cm³/mol. The summed E-state index contributed by atoms with van der Waals surface area (Å²) in [7, 11) is 0. The minimum absolute atomic E-state index is 0.0344. The van der Waals surface area contributed by atoms with Gasteiger partial charge in [0.2, 0.25) is 0 Å². The molecule has 5 heteroatoms. The molecule has 0 aromatic rings. The maximum absolute atomic E-state index is 12.8. The lowest BCUT2D eigenvalue weighted by atomic mass is 9.90. The van der Waals surface area contributed by atoms with Crippen molar-refractivity contribution in [1.29, 1.82) is 0 Å². The first-order valence-corrected chi connectivity index (χ1v) is 5.76. The Bertz CT molecular complexity index is 218. The smallest absolute Gasteiger partial charge is 0.396 e. The number of hydrogen-bond donors (Lipinski definition) is 1. The molecule has 1 saturated heterocycles. The van der Waals surface area contributed by atoms with E-state index in [4.69, 9.17) is 5.11 Å². The maximum atomic E-state index is 12.8. The molecule has 0 aromatic carbocycles. The Hall–Kier alpha value is -0.290. The van der Waals surface area contributed by atoms with E-state index in [0.717, 1.165) is 0 Å². The quantitative estimate of drug-likeness (QED) is 0.816. The van der Waals surface area contributed by atoms with Gasteiger partial charge in [0.05, 0.1) is 0 Å². The largest absolute Gasteiger partial charge is 0.404 e. The first kappa shape index (κ1) is 13.8. The van der Waals surface area contributed by atoms with Gasteiger partial charge in [-0.05, 0) is 31.2 Å². The van der Waals surface area contributed by atoms with Gasteiger partial charge in [0.1, 0.15) is 6.04 Å². The zero-order valence-corrected chi connectivity index (χ0v) is 9.80. The van der Waals surface area contributed by atoms with Crippen LogP contribution in [0.5, 0.6) is 0 Å². The Morgan fingerprint density at radius 1 is 1.38 bits per heavy atom. The van der Waals surface area contributed by atoms with Gasteiger partial charge in [-0.15, -0.1) is 0 Å². The molecule has 2 nitrogen and oxygen atoms in total. The Balaban J connectivity index is 2.68. The van der Waals surface area contributed by atoms with E-state index in [2.05, 4.69) is 0 Å². The van der Waals surface area contributed by atoms with Gasteiger partial charge in [0.15, 0.2) is 0 Å². The van der Waals surface area contributed by atoms with E-state index in [-0.39, 0.29) is 24.9 Å². The highest BCUT2D eigenvalue weighted by molar-refractivity contribution is 4.86. The highest BCUT2D eigenvalue weighted by Crippen LogP contribution is 2.34. The first-order valence-electron chi connectivity index (χ1n) is 5.76. The fourth-order valence-electron chi connectivity index (χ4n) is 2.28. The van der Waals surface area contributed by atoms with Crippen LogP contribution < -0.4 is 0 Å². The number of nitrogens with zero attached hydrogens (tertiary/aromatic N) is 1. The summed E-state index contributed by atoms with van der Waals surface area (Å²) in [6.45, 7) is 4.62. The number of alkyl halides is 3. The van der Waals surface area contributed by atoms with E-state index in [1.165, 1.54) is 4.90 Å². The van der Waals surface area contributed by atoms with Crippen molar-refractivity contribution >= 4 is 0 Å². The van der Waals surface area contributed by atoms with Crippen LogP contribution in [0, 0.1) is 11.8 Å². The van der Waals surface area contributed by atoms with Gasteiger partial charge in [0, 0.05) is 13.2 Å². The molecule has 1 rings (SSSR count). The fourth-order valence-corrected chi connectivity index (χ4v) is 2.28. The highest BCUT2D eigenvalue weighted by Gasteiger charge is 2.46. The Morgan fingerprint density at radius 3 is 2.44 bits per heavy atom. The molecule has 0 amide bonds. The lowest BCUT2D eigenvalue weighted by molar-refractivity contribution is -0.198. The van der Waals surface area contributed by atoms with Gasteiger partial charge in [-0.2, -0.15) is 13.2 Å². The molecule has 2 unspecified atom stereocenters. The second kappa shape index (κ2) is 5.36. The molecule has 96 valence electrons. The van der Waals surface area contributed by atoms with E-state index in [1.807, 2.05) is 13.8 Å². The van der Waals surface area contributed by atoms with Gasteiger partial charge in [0.25, 0.3) is 0 Å². The highest BCUT2D eigenvalue weighted by atomic mass is 19.4. The summed E-state index contributed by atoms with van der Waals surface area (Å²) in [5, 5.41) is 8.96. The number of hydrogen-bond acceptors (Lipinski definition) is 2. The molecular weight excluding hydrogens is 219 g/mol. The lowest BCUT2D eigenvalue weighted by Gasteiger charge is -2.40. The monoisotopic (exact) mass is 239 g/mol. The van der Waals surface area contributed by atoms with Crippen molar-refractivity contribution < 1.29 is 18.3 Å². The SMILES string of the molecule is CC(C)CN1CCC(CO)CC1C(F)(F)F. The van der Waals surface area contributed by atoms with E-state index in [9.17, 15) is 13.2 Å². The molecule has 0 radical (unpaired) electrons. The Kier molecular flexibility index (Phi) is 4.62. The van der Waals surface area contributed by atoms with Gasteiger partial charge in [-0.3, -0.25) is 4.90 Å². The van der Waals surface area contributed by atoms with Crippen molar-refractivity contribution in [3.05, 3.63) is 0 Å². The molecule has 1 aliphatic heterocycles. The molecule has 2 atom stereocenters. The van der Waals surface area contributed by atoms with Gasteiger partial charge in [-0.1, -0.05) is 13.8 Å². The molecule has 0 bridgehead atoms. The van der Waals surface area contributed by atoms with E-state index >= 15 is 0 Å². The second-order valence-electron chi connectivity index (χ2n) is 5.02. The number of piperidine rings is 1. The zero-order chi connectivity index (χ0) is 12.3. The molecule has 0 aromatic heterocycles. The third-order valence-electron chi connectivity index (χ3n) is 3.06. The summed E-state index contributed by atoms with van der Waals surface area (Å²) >= 11 is 0. The van der Waals surface area contributed by atoms with Crippen LogP contribution in [-0.4, -0.2) is 41.9 Å². The van der Waals surface area contributed by atoms with Crippen LogP contribution in [0.1, 0.15) is 26.7 Å². The number of halogens is 3. The number of likely N-dealkylation sites (tertiary alicyclic amines) is 1. The van der Waals surface area contributed by atoms with Crippen LogP contribution >= 0.6 is 0 Å². The van der Waals surface area contributed by atoms with Crippen molar-refractivity contribution in [2.75, 3.05) is 19.7 Å². The van der Waals surface area contributed by atoms with Crippen LogP contribution in [-0.2, 0) is 0 Å². The van der Waals surface area contributed by atoms with Crippen molar-refractivity contribution in [1.82, 2.24) is 4.90 Å². The van der Waals surface area contributed by atoms with Crippen LogP contribution in [0.2, 0.25) is 0 Å². The number of aliphatic hydroxyl groups is 1. The van der Waals surface area contributed by atoms with Crippen LogP contribution in [0.3, 0.4) is 0 Å². The maximum Gasteiger partial charge on any atom is 0.404 e. The molecule has 0 spiro atoms. The molecule has 1 heterocycles. The average molecular weight is 239 g/mol.